The van der Waals surface area contributed by atoms with Crippen LogP contribution in [0.3, 0.4) is 0 Å². The molecule has 1 aromatic carbocycles. The summed E-state index contributed by atoms with van der Waals surface area (Å²) < 4.78 is 6.53. The largest absolute Gasteiger partial charge is 0.497 e. The van der Waals surface area contributed by atoms with E-state index in [2.05, 4.69) is 5.10 Å². The number of aromatic nitrogens is 2. The van der Waals surface area contributed by atoms with Crippen molar-refractivity contribution in [3.63, 3.8) is 0 Å². The summed E-state index contributed by atoms with van der Waals surface area (Å²) in [6, 6.07) is 5.30. The first kappa shape index (κ1) is 15.2. The minimum Gasteiger partial charge on any atom is -0.497 e. The van der Waals surface area contributed by atoms with Crippen LogP contribution in [0, 0.1) is 5.92 Å². The Hall–Kier alpha value is -2.17. The molecule has 0 bridgehead atoms. The zero-order valence-electron chi connectivity index (χ0n) is 12.8. The average Bonchev–Trinajstić information content (AvgIpc) is 2.85. The van der Waals surface area contributed by atoms with Gasteiger partial charge < -0.3 is 4.74 Å². The normalized spacial score (nSPS) is 11.1. The van der Waals surface area contributed by atoms with Crippen LogP contribution in [-0.4, -0.2) is 28.6 Å². The predicted octanol–water partition coefficient (Wildman–Crippen LogP) is 3.32. The van der Waals surface area contributed by atoms with Gasteiger partial charge in [-0.2, -0.15) is 9.78 Å². The van der Waals surface area contributed by atoms with E-state index in [1.165, 1.54) is 4.68 Å². The molecule has 1 aromatic heterocycles. The molecule has 0 aliphatic heterocycles. The van der Waals surface area contributed by atoms with E-state index in [1.54, 1.807) is 25.3 Å². The number of methoxy groups -OCH3 is 1. The quantitative estimate of drug-likeness (QED) is 0.792. The van der Waals surface area contributed by atoms with Crippen molar-refractivity contribution in [3.05, 3.63) is 23.9 Å². The van der Waals surface area contributed by atoms with Crippen molar-refractivity contribution in [2.45, 2.75) is 33.6 Å². The Kier molecular flexibility index (Phi) is 4.40. The molecule has 0 fully saturated rings. The number of carbonyl (C=O) groups is 2. The van der Waals surface area contributed by atoms with Crippen molar-refractivity contribution in [3.8, 4) is 5.75 Å². The molecule has 0 saturated carbocycles. The van der Waals surface area contributed by atoms with Crippen LogP contribution in [0.2, 0.25) is 0 Å². The molecule has 0 saturated heterocycles. The lowest BCUT2D eigenvalue weighted by atomic mass is 10.0. The van der Waals surface area contributed by atoms with E-state index in [9.17, 15) is 9.59 Å². The molecule has 0 aliphatic carbocycles. The molecule has 5 heteroatoms. The second-order valence-corrected chi connectivity index (χ2v) is 5.31. The first-order valence-corrected chi connectivity index (χ1v) is 7.13. The van der Waals surface area contributed by atoms with Crippen LogP contribution < -0.4 is 4.74 Å². The van der Waals surface area contributed by atoms with Crippen molar-refractivity contribution in [1.29, 1.82) is 0 Å². The molecule has 2 aromatic rings. The molecule has 0 amide bonds. The number of carbonyl (C=O) groups excluding carboxylic acids is 2. The van der Waals surface area contributed by atoms with Crippen LogP contribution in [0.5, 0.6) is 5.75 Å². The maximum Gasteiger partial charge on any atom is 0.247 e. The van der Waals surface area contributed by atoms with Crippen LogP contribution in [0.25, 0.3) is 10.9 Å². The van der Waals surface area contributed by atoms with Crippen molar-refractivity contribution < 1.29 is 14.3 Å². The van der Waals surface area contributed by atoms with Crippen LogP contribution in [0.15, 0.2) is 18.2 Å². The van der Waals surface area contributed by atoms with Gasteiger partial charge in [-0.1, -0.05) is 20.8 Å². The zero-order valence-corrected chi connectivity index (χ0v) is 12.8. The predicted molar refractivity (Wildman–Crippen MR) is 81.0 cm³/mol. The molecular weight excluding hydrogens is 268 g/mol. The van der Waals surface area contributed by atoms with E-state index in [4.69, 9.17) is 4.74 Å². The SMILES string of the molecule is CCCC(=O)n1nc(C(=O)C(C)C)c2ccc(OC)cc21. The number of hydrogen-bond donors (Lipinski definition) is 0. The fraction of sp³-hybridized carbons (Fsp3) is 0.438. The molecule has 2 rings (SSSR count). The van der Waals surface area contributed by atoms with Gasteiger partial charge in [0.05, 0.1) is 12.6 Å². The lowest BCUT2D eigenvalue weighted by Gasteiger charge is -2.02. The highest BCUT2D eigenvalue weighted by Gasteiger charge is 2.22. The second-order valence-electron chi connectivity index (χ2n) is 5.31. The molecular formula is C16H20N2O3. The van der Waals surface area contributed by atoms with Gasteiger partial charge in [0.1, 0.15) is 11.4 Å². The second kappa shape index (κ2) is 6.08. The monoisotopic (exact) mass is 288 g/mol. The third-order valence-electron chi connectivity index (χ3n) is 3.35. The number of nitrogens with zero attached hydrogens (tertiary/aromatic N) is 2. The number of benzene rings is 1. The van der Waals surface area contributed by atoms with E-state index >= 15 is 0 Å². The van der Waals surface area contributed by atoms with E-state index in [0.717, 1.165) is 6.42 Å². The molecule has 1 heterocycles. The Balaban J connectivity index is 2.66. The first-order valence-electron chi connectivity index (χ1n) is 7.13. The summed E-state index contributed by atoms with van der Waals surface area (Å²) >= 11 is 0. The third kappa shape index (κ3) is 2.82. The van der Waals surface area contributed by atoms with Gasteiger partial charge in [-0.05, 0) is 18.6 Å². The van der Waals surface area contributed by atoms with Crippen molar-refractivity contribution in [1.82, 2.24) is 9.78 Å². The summed E-state index contributed by atoms with van der Waals surface area (Å²) in [4.78, 5) is 24.5. The first-order chi connectivity index (χ1) is 9.99. The van der Waals surface area contributed by atoms with Crippen LogP contribution in [-0.2, 0) is 0 Å². The summed E-state index contributed by atoms with van der Waals surface area (Å²) in [5.74, 6) is 0.295. The summed E-state index contributed by atoms with van der Waals surface area (Å²) in [7, 11) is 1.57. The Bertz CT molecular complexity index is 686. The average molecular weight is 288 g/mol. The fourth-order valence-corrected chi connectivity index (χ4v) is 2.19. The fourth-order valence-electron chi connectivity index (χ4n) is 2.19. The van der Waals surface area contributed by atoms with E-state index in [-0.39, 0.29) is 17.6 Å². The molecule has 0 aliphatic rings. The van der Waals surface area contributed by atoms with Crippen LogP contribution in [0.4, 0.5) is 0 Å². The highest BCUT2D eigenvalue weighted by atomic mass is 16.5. The maximum absolute atomic E-state index is 12.3. The Morgan fingerprint density at radius 1 is 1.33 bits per heavy atom. The van der Waals surface area contributed by atoms with Crippen molar-refractivity contribution >= 4 is 22.6 Å². The van der Waals surface area contributed by atoms with Gasteiger partial charge in [-0.3, -0.25) is 9.59 Å². The number of Topliss-reactive ketones (excluding diaryl/α,β-unsaturated/α-hetero) is 1. The van der Waals surface area contributed by atoms with Gasteiger partial charge in [0, 0.05) is 23.8 Å². The number of ether oxygens (including phenoxy) is 1. The lowest BCUT2D eigenvalue weighted by molar-refractivity contribution is 0.0889. The van der Waals surface area contributed by atoms with Gasteiger partial charge in [0.15, 0.2) is 5.78 Å². The highest BCUT2D eigenvalue weighted by Crippen LogP contribution is 2.25. The molecule has 0 N–H and O–H groups in total. The number of fused-ring (bicyclic) bond motifs is 1. The Morgan fingerprint density at radius 2 is 2.05 bits per heavy atom. The topological polar surface area (TPSA) is 61.2 Å². The summed E-state index contributed by atoms with van der Waals surface area (Å²) in [6.45, 7) is 5.58. The van der Waals surface area contributed by atoms with Gasteiger partial charge in [-0.15, -0.1) is 0 Å². The third-order valence-corrected chi connectivity index (χ3v) is 3.35. The smallest absolute Gasteiger partial charge is 0.247 e. The number of hydrogen-bond acceptors (Lipinski definition) is 4. The minimum atomic E-state index is -0.167. The van der Waals surface area contributed by atoms with Gasteiger partial charge in [0.25, 0.3) is 0 Å². The molecule has 0 spiro atoms. The van der Waals surface area contributed by atoms with E-state index in [0.29, 0.717) is 28.8 Å². The Labute approximate surface area is 123 Å². The standard InChI is InChI=1S/C16H20N2O3/c1-5-6-14(19)18-13-9-11(21-4)7-8-12(13)15(17-18)16(20)10(2)3/h7-10H,5-6H2,1-4H3. The number of ketones is 1. The summed E-state index contributed by atoms with van der Waals surface area (Å²) in [5, 5.41) is 4.96. The summed E-state index contributed by atoms with van der Waals surface area (Å²) in [5.41, 5.74) is 0.976. The maximum atomic E-state index is 12.3. The Morgan fingerprint density at radius 3 is 2.62 bits per heavy atom. The summed E-state index contributed by atoms with van der Waals surface area (Å²) in [6.07, 6.45) is 1.13. The molecule has 0 unspecified atom stereocenters. The van der Waals surface area contributed by atoms with Crippen molar-refractivity contribution in [2.24, 2.45) is 5.92 Å². The van der Waals surface area contributed by atoms with Crippen LogP contribution >= 0.6 is 0 Å². The molecule has 5 nitrogen and oxygen atoms in total. The minimum absolute atomic E-state index is 0.0618. The molecule has 112 valence electrons. The van der Waals surface area contributed by atoms with Crippen molar-refractivity contribution in [2.75, 3.05) is 7.11 Å². The van der Waals surface area contributed by atoms with Gasteiger partial charge in [-0.25, -0.2) is 0 Å². The lowest BCUT2D eigenvalue weighted by Crippen LogP contribution is -2.14. The van der Waals surface area contributed by atoms with Gasteiger partial charge in [0.2, 0.25) is 5.91 Å². The number of rotatable bonds is 5. The zero-order chi connectivity index (χ0) is 15.6. The van der Waals surface area contributed by atoms with Gasteiger partial charge >= 0.3 is 0 Å². The molecule has 0 atom stereocenters. The van der Waals surface area contributed by atoms with E-state index < -0.39 is 0 Å². The highest BCUT2D eigenvalue weighted by molar-refractivity contribution is 6.08. The van der Waals surface area contributed by atoms with Crippen LogP contribution in [0.1, 0.15) is 48.9 Å². The molecule has 21 heavy (non-hydrogen) atoms. The van der Waals surface area contributed by atoms with E-state index in [1.807, 2.05) is 20.8 Å². The molecule has 0 radical (unpaired) electrons.